The van der Waals surface area contributed by atoms with E-state index >= 15 is 0 Å². The highest BCUT2D eigenvalue weighted by Crippen LogP contribution is 1.89. The van der Waals surface area contributed by atoms with Gasteiger partial charge in [0.2, 0.25) is 5.91 Å². The number of aliphatic hydroxyl groups excluding tert-OH is 1. The molecule has 5 heteroatoms. The highest BCUT2D eigenvalue weighted by atomic mass is 16.5. The molecule has 1 amide bonds. The number of amides is 1. The van der Waals surface area contributed by atoms with E-state index in [1.165, 1.54) is 0 Å². The van der Waals surface area contributed by atoms with Gasteiger partial charge in [-0.25, -0.2) is 0 Å². The van der Waals surface area contributed by atoms with Gasteiger partial charge >= 0.3 is 0 Å². The molecule has 12 heavy (non-hydrogen) atoms. The fourth-order valence-corrected chi connectivity index (χ4v) is 1.07. The van der Waals surface area contributed by atoms with Gasteiger partial charge in [0, 0.05) is 13.1 Å². The summed E-state index contributed by atoms with van der Waals surface area (Å²) in [4.78, 5) is 10.7. The second-order valence-electron chi connectivity index (χ2n) is 2.70. The molecule has 0 bridgehead atoms. The zero-order valence-electron chi connectivity index (χ0n) is 6.88. The van der Waals surface area contributed by atoms with E-state index in [9.17, 15) is 4.79 Å². The third-order valence-corrected chi connectivity index (χ3v) is 1.64. The van der Waals surface area contributed by atoms with Gasteiger partial charge < -0.3 is 20.5 Å². The lowest BCUT2D eigenvalue weighted by Gasteiger charge is -2.14. The second-order valence-corrected chi connectivity index (χ2v) is 2.70. The first-order valence-electron chi connectivity index (χ1n) is 4.01. The molecule has 0 aromatic heterocycles. The van der Waals surface area contributed by atoms with Crippen molar-refractivity contribution in [3.8, 4) is 0 Å². The third kappa shape index (κ3) is 3.17. The van der Waals surface area contributed by atoms with E-state index in [4.69, 9.17) is 9.84 Å². The Morgan fingerprint density at radius 2 is 2.58 bits per heavy atom. The van der Waals surface area contributed by atoms with Crippen molar-refractivity contribution in [3.05, 3.63) is 0 Å². The van der Waals surface area contributed by atoms with Crippen LogP contribution in [0.25, 0.3) is 0 Å². The van der Waals surface area contributed by atoms with Crippen LogP contribution in [0.4, 0.5) is 0 Å². The maximum absolute atomic E-state index is 10.7. The number of rotatable bonds is 2. The van der Waals surface area contributed by atoms with E-state index in [2.05, 4.69) is 10.6 Å². The normalized spacial score (nSPS) is 24.6. The van der Waals surface area contributed by atoms with E-state index in [1.807, 2.05) is 0 Å². The maximum atomic E-state index is 10.7. The molecule has 3 N–H and O–H groups in total. The first-order valence-corrected chi connectivity index (χ1v) is 4.01. The number of carbonyl (C=O) groups is 1. The molecule has 0 spiro atoms. The van der Waals surface area contributed by atoms with E-state index in [0.717, 1.165) is 6.54 Å². The van der Waals surface area contributed by atoms with Crippen molar-refractivity contribution in [2.24, 2.45) is 0 Å². The predicted molar refractivity (Wildman–Crippen MR) is 42.7 cm³/mol. The second kappa shape index (κ2) is 5.08. The summed E-state index contributed by atoms with van der Waals surface area (Å²) in [6, 6.07) is -0.0212. The van der Waals surface area contributed by atoms with Gasteiger partial charge in [-0.2, -0.15) is 0 Å². The van der Waals surface area contributed by atoms with E-state index in [0.29, 0.717) is 19.8 Å². The molecule has 1 heterocycles. The minimum atomic E-state index is -0.462. The van der Waals surface area contributed by atoms with Crippen molar-refractivity contribution >= 4 is 5.91 Å². The molecule has 1 atom stereocenters. The maximum Gasteiger partial charge on any atom is 0.246 e. The Bertz CT molecular complexity index is 144. The molecule has 0 aromatic rings. The van der Waals surface area contributed by atoms with Crippen LogP contribution in [0.5, 0.6) is 0 Å². The summed E-state index contributed by atoms with van der Waals surface area (Å²) in [5.41, 5.74) is 0. The molecule has 1 aliphatic rings. The highest BCUT2D eigenvalue weighted by Gasteiger charge is 2.13. The minimum absolute atomic E-state index is 0.0212. The fraction of sp³-hybridized carbons (Fsp3) is 0.857. The summed E-state index contributed by atoms with van der Waals surface area (Å²) in [6.45, 7) is 2.23. The van der Waals surface area contributed by atoms with Crippen LogP contribution >= 0.6 is 0 Å². The molecule has 1 saturated heterocycles. The molecule has 0 radical (unpaired) electrons. The first kappa shape index (κ1) is 9.44. The van der Waals surface area contributed by atoms with E-state index in [-0.39, 0.29) is 11.9 Å². The van der Waals surface area contributed by atoms with Gasteiger partial charge in [-0.15, -0.1) is 0 Å². The number of nitrogens with one attached hydrogen (secondary N) is 2. The van der Waals surface area contributed by atoms with Gasteiger partial charge in [0.25, 0.3) is 0 Å². The standard InChI is InChI=1S/C7H14N2O3/c10-4-7(11)9-6-3-8-1-2-12-5-6/h6,8,10H,1-5H2,(H,9,11). The monoisotopic (exact) mass is 174 g/mol. The van der Waals surface area contributed by atoms with Crippen LogP contribution in [0.3, 0.4) is 0 Å². The minimum Gasteiger partial charge on any atom is -0.387 e. The van der Waals surface area contributed by atoms with Gasteiger partial charge in [0.15, 0.2) is 0 Å². The van der Waals surface area contributed by atoms with Gasteiger partial charge in [-0.05, 0) is 0 Å². The van der Waals surface area contributed by atoms with E-state index < -0.39 is 6.61 Å². The summed E-state index contributed by atoms with van der Waals surface area (Å²) >= 11 is 0. The summed E-state index contributed by atoms with van der Waals surface area (Å²) in [6.07, 6.45) is 0. The van der Waals surface area contributed by atoms with Crippen LogP contribution in [0.2, 0.25) is 0 Å². The Morgan fingerprint density at radius 3 is 3.33 bits per heavy atom. The molecule has 1 aliphatic heterocycles. The lowest BCUT2D eigenvalue weighted by atomic mass is 10.3. The molecule has 5 nitrogen and oxygen atoms in total. The number of carbonyl (C=O) groups excluding carboxylic acids is 1. The fourth-order valence-electron chi connectivity index (χ4n) is 1.07. The van der Waals surface area contributed by atoms with E-state index in [1.54, 1.807) is 0 Å². The largest absolute Gasteiger partial charge is 0.387 e. The number of aliphatic hydroxyl groups is 1. The quantitative estimate of drug-likeness (QED) is 0.456. The van der Waals surface area contributed by atoms with Crippen molar-refractivity contribution in [1.29, 1.82) is 0 Å². The Labute approximate surface area is 71.1 Å². The Morgan fingerprint density at radius 1 is 1.75 bits per heavy atom. The molecule has 1 rings (SSSR count). The van der Waals surface area contributed by atoms with Crippen LogP contribution in [0.15, 0.2) is 0 Å². The average molecular weight is 174 g/mol. The molecule has 0 aromatic carbocycles. The van der Waals surface area contributed by atoms with Crippen molar-refractivity contribution in [2.75, 3.05) is 32.9 Å². The molecule has 70 valence electrons. The Balaban J connectivity index is 2.24. The Kier molecular flexibility index (Phi) is 3.99. The van der Waals surface area contributed by atoms with Gasteiger partial charge in [0.05, 0.1) is 19.3 Å². The average Bonchev–Trinajstić information content (AvgIpc) is 2.33. The third-order valence-electron chi connectivity index (χ3n) is 1.64. The smallest absolute Gasteiger partial charge is 0.246 e. The first-order chi connectivity index (χ1) is 5.83. The van der Waals surface area contributed by atoms with Crippen LogP contribution < -0.4 is 10.6 Å². The number of hydrogen-bond acceptors (Lipinski definition) is 4. The van der Waals surface area contributed by atoms with Crippen LogP contribution in [-0.2, 0) is 9.53 Å². The SMILES string of the molecule is O=C(CO)NC1CNCCOC1. The number of ether oxygens (including phenoxy) is 1. The summed E-state index contributed by atoms with van der Waals surface area (Å²) in [5, 5.41) is 14.2. The highest BCUT2D eigenvalue weighted by molar-refractivity contribution is 5.77. The summed E-state index contributed by atoms with van der Waals surface area (Å²) in [5.74, 6) is -0.354. The summed E-state index contributed by atoms with van der Waals surface area (Å²) in [7, 11) is 0. The molecular formula is C7H14N2O3. The molecule has 0 aliphatic carbocycles. The van der Waals surface area contributed by atoms with Crippen molar-refractivity contribution in [3.63, 3.8) is 0 Å². The van der Waals surface area contributed by atoms with Crippen molar-refractivity contribution < 1.29 is 14.6 Å². The van der Waals surface area contributed by atoms with Crippen molar-refractivity contribution in [2.45, 2.75) is 6.04 Å². The molecule has 1 fully saturated rings. The van der Waals surface area contributed by atoms with Gasteiger partial charge in [-0.1, -0.05) is 0 Å². The molecular weight excluding hydrogens is 160 g/mol. The Hall–Kier alpha value is -0.650. The lowest BCUT2D eigenvalue weighted by molar-refractivity contribution is -0.124. The van der Waals surface area contributed by atoms with Gasteiger partial charge in [0.1, 0.15) is 6.61 Å². The van der Waals surface area contributed by atoms with Crippen LogP contribution in [0, 0.1) is 0 Å². The molecule has 0 saturated carbocycles. The number of hydrogen-bond donors (Lipinski definition) is 3. The van der Waals surface area contributed by atoms with Crippen LogP contribution in [0.1, 0.15) is 0 Å². The lowest BCUT2D eigenvalue weighted by Crippen LogP contribution is -2.44. The zero-order valence-corrected chi connectivity index (χ0v) is 6.88. The predicted octanol–water partition coefficient (Wildman–Crippen LogP) is -1.92. The van der Waals surface area contributed by atoms with Gasteiger partial charge in [-0.3, -0.25) is 4.79 Å². The van der Waals surface area contributed by atoms with Crippen molar-refractivity contribution in [1.82, 2.24) is 10.6 Å². The van der Waals surface area contributed by atoms with Crippen LogP contribution in [-0.4, -0.2) is 50.0 Å². The topological polar surface area (TPSA) is 70.6 Å². The zero-order chi connectivity index (χ0) is 8.81. The summed E-state index contributed by atoms with van der Waals surface area (Å²) < 4.78 is 5.19. The molecule has 1 unspecified atom stereocenters.